The lowest BCUT2D eigenvalue weighted by molar-refractivity contribution is -0.138. The lowest BCUT2D eigenvalue weighted by Crippen LogP contribution is -2.45. The first-order valence-electron chi connectivity index (χ1n) is 8.96. The highest BCUT2D eigenvalue weighted by atomic mass is 16.4. The highest BCUT2D eigenvalue weighted by Gasteiger charge is 2.30. The molecule has 1 fully saturated rings. The Labute approximate surface area is 152 Å². The summed E-state index contributed by atoms with van der Waals surface area (Å²) in [4.78, 5) is 37.4. The molecule has 2 aliphatic heterocycles. The molecule has 0 saturated carbocycles. The van der Waals surface area contributed by atoms with Crippen molar-refractivity contribution in [2.45, 2.75) is 38.6 Å². The minimum absolute atomic E-state index is 0.0782. The molecule has 26 heavy (non-hydrogen) atoms. The summed E-state index contributed by atoms with van der Waals surface area (Å²) < 4.78 is 0. The molecule has 0 radical (unpaired) electrons. The van der Waals surface area contributed by atoms with Crippen LogP contribution in [0.1, 0.15) is 37.7 Å². The van der Waals surface area contributed by atoms with E-state index in [0.717, 1.165) is 5.56 Å². The number of carbonyl (C=O) groups is 3. The van der Waals surface area contributed by atoms with Crippen molar-refractivity contribution in [3.05, 3.63) is 35.9 Å². The van der Waals surface area contributed by atoms with Crippen LogP contribution in [0.3, 0.4) is 0 Å². The Bertz CT molecular complexity index is 709. The normalized spacial score (nSPS) is 18.6. The number of aliphatic carboxylic acids is 1. The molecule has 7 nitrogen and oxygen atoms in total. The molecule has 2 aliphatic rings. The Morgan fingerprint density at radius 1 is 1.12 bits per heavy atom. The van der Waals surface area contributed by atoms with Crippen LogP contribution in [0.2, 0.25) is 0 Å². The molecule has 2 amide bonds. The van der Waals surface area contributed by atoms with Gasteiger partial charge in [-0.15, -0.1) is 0 Å². The number of hydrogen-bond donors (Lipinski definition) is 1. The lowest BCUT2D eigenvalue weighted by Gasteiger charge is -2.32. The highest BCUT2D eigenvalue weighted by Crippen LogP contribution is 2.22. The molecule has 1 N–H and O–H groups in total. The van der Waals surface area contributed by atoms with Gasteiger partial charge in [0.25, 0.3) is 5.91 Å². The molecule has 0 unspecified atom stereocenters. The van der Waals surface area contributed by atoms with Crippen LogP contribution in [0, 0.1) is 5.92 Å². The van der Waals surface area contributed by atoms with E-state index in [1.165, 1.54) is 5.01 Å². The van der Waals surface area contributed by atoms with Crippen LogP contribution in [-0.2, 0) is 20.9 Å². The molecule has 2 heterocycles. The van der Waals surface area contributed by atoms with Crippen LogP contribution >= 0.6 is 0 Å². The van der Waals surface area contributed by atoms with Crippen LogP contribution in [-0.4, -0.2) is 51.6 Å². The number of hydrogen-bond acceptors (Lipinski definition) is 4. The number of amides is 2. The van der Waals surface area contributed by atoms with E-state index in [1.54, 1.807) is 4.90 Å². The minimum Gasteiger partial charge on any atom is -0.481 e. The predicted molar refractivity (Wildman–Crippen MR) is 95.2 cm³/mol. The van der Waals surface area contributed by atoms with Gasteiger partial charge >= 0.3 is 5.97 Å². The van der Waals surface area contributed by atoms with Crippen molar-refractivity contribution in [2.75, 3.05) is 13.1 Å². The monoisotopic (exact) mass is 357 g/mol. The third kappa shape index (κ3) is 4.47. The zero-order chi connectivity index (χ0) is 18.5. The maximum Gasteiger partial charge on any atom is 0.303 e. The van der Waals surface area contributed by atoms with E-state index in [0.29, 0.717) is 44.6 Å². The van der Waals surface area contributed by atoms with Crippen molar-refractivity contribution in [1.29, 1.82) is 0 Å². The molecule has 0 spiro atoms. The Morgan fingerprint density at radius 2 is 1.81 bits per heavy atom. The summed E-state index contributed by atoms with van der Waals surface area (Å²) in [5.74, 6) is -0.877. The van der Waals surface area contributed by atoms with Gasteiger partial charge in [-0.25, -0.2) is 5.01 Å². The van der Waals surface area contributed by atoms with E-state index in [2.05, 4.69) is 5.10 Å². The summed E-state index contributed by atoms with van der Waals surface area (Å²) >= 11 is 0. The van der Waals surface area contributed by atoms with Gasteiger partial charge in [-0.3, -0.25) is 14.4 Å². The fraction of sp³-hybridized carbons (Fsp3) is 0.474. The maximum absolute atomic E-state index is 12.7. The fourth-order valence-corrected chi connectivity index (χ4v) is 3.41. The summed E-state index contributed by atoms with van der Waals surface area (Å²) in [6.07, 6.45) is 2.18. The molecule has 0 atom stereocenters. The Morgan fingerprint density at radius 3 is 2.46 bits per heavy atom. The summed E-state index contributed by atoms with van der Waals surface area (Å²) in [6.45, 7) is 1.45. The smallest absolute Gasteiger partial charge is 0.303 e. The largest absolute Gasteiger partial charge is 0.481 e. The molecule has 1 aromatic rings. The van der Waals surface area contributed by atoms with Crippen molar-refractivity contribution in [1.82, 2.24) is 9.91 Å². The quantitative estimate of drug-likeness (QED) is 0.871. The number of benzene rings is 1. The van der Waals surface area contributed by atoms with Gasteiger partial charge in [-0.1, -0.05) is 30.3 Å². The average Bonchev–Trinajstić information content (AvgIpc) is 2.64. The van der Waals surface area contributed by atoms with Gasteiger partial charge in [0.15, 0.2) is 0 Å². The van der Waals surface area contributed by atoms with Gasteiger partial charge in [-0.05, 0) is 24.3 Å². The molecule has 3 rings (SSSR count). The summed E-state index contributed by atoms with van der Waals surface area (Å²) in [6, 6.07) is 9.56. The number of hydrazone groups is 1. The topological polar surface area (TPSA) is 90.3 Å². The second-order valence-electron chi connectivity index (χ2n) is 6.82. The van der Waals surface area contributed by atoms with E-state index in [9.17, 15) is 14.4 Å². The molecule has 1 aromatic carbocycles. The Hall–Kier alpha value is -2.70. The molecular formula is C19H23N3O4. The molecule has 0 aromatic heterocycles. The summed E-state index contributed by atoms with van der Waals surface area (Å²) in [5.41, 5.74) is 1.38. The van der Waals surface area contributed by atoms with Crippen LogP contribution in [0.25, 0.3) is 0 Å². The third-order valence-electron chi connectivity index (χ3n) is 4.89. The second kappa shape index (κ2) is 8.12. The highest BCUT2D eigenvalue weighted by molar-refractivity contribution is 6.39. The second-order valence-corrected chi connectivity index (χ2v) is 6.82. The summed E-state index contributed by atoms with van der Waals surface area (Å²) in [7, 11) is 0. The molecular weight excluding hydrogens is 334 g/mol. The molecule has 0 bridgehead atoms. The zero-order valence-electron chi connectivity index (χ0n) is 14.6. The van der Waals surface area contributed by atoms with Gasteiger partial charge < -0.3 is 10.0 Å². The first-order chi connectivity index (χ1) is 12.5. The van der Waals surface area contributed by atoms with Crippen molar-refractivity contribution >= 4 is 23.5 Å². The molecule has 1 saturated heterocycles. The van der Waals surface area contributed by atoms with Crippen LogP contribution in [0.4, 0.5) is 0 Å². The van der Waals surface area contributed by atoms with E-state index in [1.807, 2.05) is 30.3 Å². The number of nitrogens with zero attached hydrogens (tertiary/aromatic N) is 3. The van der Waals surface area contributed by atoms with E-state index >= 15 is 0 Å². The molecule has 0 aliphatic carbocycles. The summed E-state index contributed by atoms with van der Waals surface area (Å²) in [5, 5.41) is 14.6. The van der Waals surface area contributed by atoms with Crippen molar-refractivity contribution in [3.63, 3.8) is 0 Å². The third-order valence-corrected chi connectivity index (χ3v) is 4.89. The van der Waals surface area contributed by atoms with E-state index in [4.69, 9.17) is 5.11 Å². The van der Waals surface area contributed by atoms with Gasteiger partial charge in [-0.2, -0.15) is 5.10 Å². The Kier molecular flexibility index (Phi) is 5.65. The number of carbonyl (C=O) groups excluding carboxylic acids is 2. The molecule has 7 heteroatoms. The molecule has 138 valence electrons. The number of likely N-dealkylation sites (tertiary alicyclic amines) is 1. The minimum atomic E-state index is -0.790. The zero-order valence-corrected chi connectivity index (χ0v) is 14.6. The number of carboxylic acids is 1. The maximum atomic E-state index is 12.7. The van der Waals surface area contributed by atoms with Gasteiger partial charge in [0.2, 0.25) is 5.91 Å². The number of carboxylic acid groups (broad SMARTS) is 1. The van der Waals surface area contributed by atoms with E-state index in [-0.39, 0.29) is 30.6 Å². The van der Waals surface area contributed by atoms with Gasteiger partial charge in [0.05, 0.1) is 6.54 Å². The van der Waals surface area contributed by atoms with Crippen LogP contribution in [0.5, 0.6) is 0 Å². The average molecular weight is 357 g/mol. The van der Waals surface area contributed by atoms with Crippen molar-refractivity contribution in [2.24, 2.45) is 11.0 Å². The Balaban J connectivity index is 1.62. The van der Waals surface area contributed by atoms with Gasteiger partial charge in [0, 0.05) is 32.4 Å². The van der Waals surface area contributed by atoms with Crippen molar-refractivity contribution < 1.29 is 19.5 Å². The number of rotatable bonds is 5. The van der Waals surface area contributed by atoms with Gasteiger partial charge in [0.1, 0.15) is 5.71 Å². The first-order valence-corrected chi connectivity index (χ1v) is 8.96. The fourth-order valence-electron chi connectivity index (χ4n) is 3.41. The first kappa shape index (κ1) is 18.1. The number of piperidine rings is 1. The lowest BCUT2D eigenvalue weighted by atomic mass is 9.93. The van der Waals surface area contributed by atoms with E-state index < -0.39 is 5.97 Å². The van der Waals surface area contributed by atoms with Crippen LogP contribution in [0.15, 0.2) is 35.4 Å². The predicted octanol–water partition coefficient (Wildman–Crippen LogP) is 1.88. The SMILES string of the molecule is O=C(O)CC1CCN(C(=O)C2=NN(Cc3ccccc3)C(=O)CC2)CC1. The van der Waals surface area contributed by atoms with Crippen LogP contribution < -0.4 is 0 Å². The van der Waals surface area contributed by atoms with Crippen molar-refractivity contribution in [3.8, 4) is 0 Å². The standard InChI is InChI=1S/C19H23N3O4/c23-17-7-6-16(20-22(17)13-15-4-2-1-3-5-15)19(26)21-10-8-14(9-11-21)12-18(24)25/h1-5,14H,6-13H2,(H,24,25).